The van der Waals surface area contributed by atoms with Crippen LogP contribution >= 0.6 is 0 Å². The molecule has 1 fully saturated rings. The largest absolute Gasteiger partial charge is 0.497 e. The third kappa shape index (κ3) is 5.44. The highest BCUT2D eigenvalue weighted by Gasteiger charge is 2.26. The smallest absolute Gasteiger partial charge is 0.220 e. The molecule has 0 aromatic heterocycles. The van der Waals surface area contributed by atoms with Crippen LogP contribution in [0.1, 0.15) is 51.1 Å². The number of amides is 1. The van der Waals surface area contributed by atoms with Crippen molar-refractivity contribution in [3.05, 3.63) is 29.8 Å². The van der Waals surface area contributed by atoms with Crippen molar-refractivity contribution in [2.75, 3.05) is 26.7 Å². The van der Waals surface area contributed by atoms with Crippen LogP contribution in [0.25, 0.3) is 0 Å². The van der Waals surface area contributed by atoms with Crippen LogP contribution in [0.5, 0.6) is 5.75 Å². The van der Waals surface area contributed by atoms with E-state index >= 15 is 0 Å². The number of benzene rings is 1. The highest BCUT2D eigenvalue weighted by Crippen LogP contribution is 2.27. The summed E-state index contributed by atoms with van der Waals surface area (Å²) in [6.07, 6.45) is 3.81. The summed E-state index contributed by atoms with van der Waals surface area (Å²) >= 11 is 0. The number of carbonyl (C=O) groups is 1. The van der Waals surface area contributed by atoms with Gasteiger partial charge in [0.25, 0.3) is 0 Å². The Kier molecular flexibility index (Phi) is 7.72. The van der Waals surface area contributed by atoms with Crippen LogP contribution in [0, 0.1) is 5.92 Å². The molecule has 25 heavy (non-hydrogen) atoms. The number of rotatable bonds is 9. The van der Waals surface area contributed by atoms with Gasteiger partial charge in [-0.1, -0.05) is 32.4 Å². The molecule has 1 aliphatic rings. The minimum atomic E-state index is 0.113. The Balaban J connectivity index is 2.01. The van der Waals surface area contributed by atoms with Gasteiger partial charge in [-0.3, -0.25) is 9.69 Å². The van der Waals surface area contributed by atoms with Crippen LogP contribution in [0.15, 0.2) is 24.3 Å². The molecule has 2 rings (SSSR count). The highest BCUT2D eigenvalue weighted by molar-refractivity contribution is 5.76. The van der Waals surface area contributed by atoms with E-state index in [1.807, 2.05) is 12.1 Å². The molecule has 5 heteroatoms. The van der Waals surface area contributed by atoms with Gasteiger partial charge >= 0.3 is 0 Å². The molecule has 0 aliphatic heterocycles. The Hall–Kier alpha value is -1.59. The van der Waals surface area contributed by atoms with Gasteiger partial charge in [-0.25, -0.2) is 0 Å². The molecule has 0 bridgehead atoms. The van der Waals surface area contributed by atoms with Crippen molar-refractivity contribution in [3.63, 3.8) is 0 Å². The summed E-state index contributed by atoms with van der Waals surface area (Å²) in [7, 11) is 1.68. The third-order valence-electron chi connectivity index (χ3n) is 5.39. The molecule has 5 nitrogen and oxygen atoms in total. The molecule has 1 saturated carbocycles. The van der Waals surface area contributed by atoms with E-state index in [-0.39, 0.29) is 18.0 Å². The van der Waals surface area contributed by atoms with Crippen LogP contribution < -0.4 is 15.8 Å². The summed E-state index contributed by atoms with van der Waals surface area (Å²) in [6, 6.07) is 8.44. The van der Waals surface area contributed by atoms with Crippen molar-refractivity contribution in [1.29, 1.82) is 0 Å². The van der Waals surface area contributed by atoms with Gasteiger partial charge in [0, 0.05) is 19.0 Å². The van der Waals surface area contributed by atoms with E-state index in [4.69, 9.17) is 10.5 Å². The fourth-order valence-electron chi connectivity index (χ4n) is 3.81. The summed E-state index contributed by atoms with van der Waals surface area (Å²) in [6.45, 7) is 6.77. The Bertz CT molecular complexity index is 545. The lowest BCUT2D eigenvalue weighted by molar-refractivity contribution is -0.122. The summed E-state index contributed by atoms with van der Waals surface area (Å²) in [4.78, 5) is 14.8. The van der Waals surface area contributed by atoms with Crippen LogP contribution in [-0.2, 0) is 4.79 Å². The van der Waals surface area contributed by atoms with Crippen molar-refractivity contribution in [2.45, 2.75) is 51.6 Å². The van der Waals surface area contributed by atoms with E-state index in [0.29, 0.717) is 18.9 Å². The van der Waals surface area contributed by atoms with Crippen molar-refractivity contribution in [1.82, 2.24) is 10.2 Å². The standard InChI is InChI=1S/C20H33N3O2/c1-4-23(5-2)19(16-9-6-10-17(12-16)25-3)14-22-20(24)13-15-8-7-11-18(15)21/h6,9-10,12,15,18-19H,4-5,7-8,11,13-14,21H2,1-3H3,(H,22,24)/t15-,18+,19?/m0/s1. The molecular formula is C20H33N3O2. The van der Waals surface area contributed by atoms with Crippen molar-refractivity contribution < 1.29 is 9.53 Å². The van der Waals surface area contributed by atoms with Gasteiger partial charge in [-0.05, 0) is 49.5 Å². The van der Waals surface area contributed by atoms with E-state index in [2.05, 4.69) is 36.2 Å². The number of nitrogens with one attached hydrogen (secondary N) is 1. The van der Waals surface area contributed by atoms with Gasteiger partial charge in [0.2, 0.25) is 5.91 Å². The first-order valence-electron chi connectivity index (χ1n) is 9.49. The summed E-state index contributed by atoms with van der Waals surface area (Å²) in [5, 5.41) is 3.14. The quantitative estimate of drug-likeness (QED) is 0.721. The number of likely N-dealkylation sites (N-methyl/N-ethyl adjacent to an activating group) is 1. The van der Waals surface area contributed by atoms with Crippen molar-refractivity contribution >= 4 is 5.91 Å². The summed E-state index contributed by atoms with van der Waals surface area (Å²) < 4.78 is 5.36. The minimum Gasteiger partial charge on any atom is -0.497 e. The fourth-order valence-corrected chi connectivity index (χ4v) is 3.81. The van der Waals surface area contributed by atoms with Crippen LogP contribution in [-0.4, -0.2) is 43.6 Å². The van der Waals surface area contributed by atoms with E-state index in [0.717, 1.165) is 38.1 Å². The van der Waals surface area contributed by atoms with Gasteiger partial charge in [-0.2, -0.15) is 0 Å². The number of ether oxygens (including phenoxy) is 1. The van der Waals surface area contributed by atoms with Crippen LogP contribution in [0.4, 0.5) is 0 Å². The molecule has 3 N–H and O–H groups in total. The molecule has 1 aliphatic carbocycles. The second-order valence-corrected chi connectivity index (χ2v) is 6.88. The monoisotopic (exact) mass is 347 g/mol. The fraction of sp³-hybridized carbons (Fsp3) is 0.650. The SMILES string of the molecule is CCN(CC)C(CNC(=O)C[C@@H]1CCC[C@H]1N)c1cccc(OC)c1. The molecule has 140 valence electrons. The molecule has 0 heterocycles. The maximum Gasteiger partial charge on any atom is 0.220 e. The lowest BCUT2D eigenvalue weighted by Gasteiger charge is -2.30. The number of hydrogen-bond donors (Lipinski definition) is 2. The topological polar surface area (TPSA) is 67.6 Å². The number of carbonyl (C=O) groups excluding carboxylic acids is 1. The molecule has 0 radical (unpaired) electrons. The average molecular weight is 348 g/mol. The normalized spacial score (nSPS) is 21.3. The number of nitrogens with two attached hydrogens (primary N) is 1. The van der Waals surface area contributed by atoms with Gasteiger partial charge in [0.15, 0.2) is 0 Å². The van der Waals surface area contributed by atoms with Crippen LogP contribution in [0.2, 0.25) is 0 Å². The maximum atomic E-state index is 12.4. The first kappa shape index (κ1) is 19.7. The Morgan fingerprint density at radius 3 is 2.72 bits per heavy atom. The summed E-state index contributed by atoms with van der Waals surface area (Å²) in [5.41, 5.74) is 7.26. The highest BCUT2D eigenvalue weighted by atomic mass is 16.5. The number of methoxy groups -OCH3 is 1. The molecule has 0 spiro atoms. The lowest BCUT2D eigenvalue weighted by atomic mass is 9.99. The minimum absolute atomic E-state index is 0.113. The lowest BCUT2D eigenvalue weighted by Crippen LogP contribution is -2.39. The van der Waals surface area contributed by atoms with Gasteiger partial charge < -0.3 is 15.8 Å². The first-order chi connectivity index (χ1) is 12.1. The Labute approximate surface area is 151 Å². The average Bonchev–Trinajstić information content (AvgIpc) is 3.03. The molecule has 1 aromatic carbocycles. The van der Waals surface area contributed by atoms with Gasteiger partial charge in [0.1, 0.15) is 5.75 Å². The zero-order chi connectivity index (χ0) is 18.2. The molecule has 3 atom stereocenters. The van der Waals surface area contributed by atoms with Crippen LogP contribution in [0.3, 0.4) is 0 Å². The second kappa shape index (κ2) is 9.78. The molecular weight excluding hydrogens is 314 g/mol. The zero-order valence-corrected chi connectivity index (χ0v) is 15.8. The molecule has 1 unspecified atom stereocenters. The van der Waals surface area contributed by atoms with E-state index in [9.17, 15) is 4.79 Å². The predicted molar refractivity (Wildman–Crippen MR) is 102 cm³/mol. The molecule has 0 saturated heterocycles. The third-order valence-corrected chi connectivity index (χ3v) is 5.39. The Morgan fingerprint density at radius 1 is 1.36 bits per heavy atom. The predicted octanol–water partition coefficient (Wildman–Crippen LogP) is 2.71. The van der Waals surface area contributed by atoms with E-state index in [1.54, 1.807) is 7.11 Å². The second-order valence-electron chi connectivity index (χ2n) is 6.88. The van der Waals surface area contributed by atoms with Gasteiger partial charge in [-0.15, -0.1) is 0 Å². The molecule has 1 aromatic rings. The van der Waals surface area contributed by atoms with E-state index < -0.39 is 0 Å². The van der Waals surface area contributed by atoms with Gasteiger partial charge in [0.05, 0.1) is 13.2 Å². The van der Waals surface area contributed by atoms with Crippen molar-refractivity contribution in [3.8, 4) is 5.75 Å². The summed E-state index contributed by atoms with van der Waals surface area (Å²) in [5.74, 6) is 1.30. The zero-order valence-electron chi connectivity index (χ0n) is 15.8. The first-order valence-corrected chi connectivity index (χ1v) is 9.49. The number of nitrogens with zero attached hydrogens (tertiary/aromatic N) is 1. The number of hydrogen-bond acceptors (Lipinski definition) is 4. The Morgan fingerprint density at radius 2 is 2.12 bits per heavy atom. The van der Waals surface area contributed by atoms with E-state index in [1.165, 1.54) is 5.56 Å². The van der Waals surface area contributed by atoms with Crippen molar-refractivity contribution in [2.24, 2.45) is 11.7 Å². The molecule has 1 amide bonds. The maximum absolute atomic E-state index is 12.4.